The van der Waals surface area contributed by atoms with Crippen molar-refractivity contribution in [2.75, 3.05) is 10.0 Å². The van der Waals surface area contributed by atoms with Gasteiger partial charge in [-0.15, -0.1) is 0 Å². The zero-order valence-corrected chi connectivity index (χ0v) is 15.1. The molecule has 0 radical (unpaired) electrons. The molecule has 0 saturated carbocycles. The molecule has 0 fully saturated rings. The molecule has 2 N–H and O–H groups in total. The third-order valence-corrected chi connectivity index (χ3v) is 5.11. The highest BCUT2D eigenvalue weighted by molar-refractivity contribution is 7.92. The first-order valence-corrected chi connectivity index (χ1v) is 9.36. The molecule has 26 heavy (non-hydrogen) atoms. The predicted molar refractivity (Wildman–Crippen MR) is 99.9 cm³/mol. The summed E-state index contributed by atoms with van der Waals surface area (Å²) in [6, 6.07) is 15.7. The number of hydrogen-bond donors (Lipinski definition) is 2. The monoisotopic (exact) mass is 370 g/mol. The Morgan fingerprint density at radius 1 is 1.00 bits per heavy atom. The summed E-state index contributed by atoms with van der Waals surface area (Å²) in [6.07, 6.45) is 1.48. The van der Waals surface area contributed by atoms with Crippen LogP contribution in [-0.2, 0) is 14.8 Å². The molecule has 1 amide bonds. The number of rotatable bonds is 5. The molecule has 7 nitrogen and oxygen atoms in total. The Kier molecular flexibility index (Phi) is 4.77. The lowest BCUT2D eigenvalue weighted by molar-refractivity contribution is -0.114. The maximum absolute atomic E-state index is 12.7. The van der Waals surface area contributed by atoms with Crippen molar-refractivity contribution in [3.05, 3.63) is 66.5 Å². The Labute approximate surface area is 151 Å². The van der Waals surface area contributed by atoms with Crippen LogP contribution in [0.1, 0.15) is 12.6 Å². The number of nitrogens with zero attached hydrogens (tertiary/aromatic N) is 2. The Morgan fingerprint density at radius 3 is 2.23 bits per heavy atom. The predicted octanol–water partition coefficient (Wildman–Crippen LogP) is 2.94. The van der Waals surface area contributed by atoms with Crippen LogP contribution in [0.2, 0.25) is 0 Å². The number of nitrogens with one attached hydrogen (secondary N) is 2. The van der Waals surface area contributed by atoms with Crippen LogP contribution >= 0.6 is 0 Å². The largest absolute Gasteiger partial charge is 0.326 e. The van der Waals surface area contributed by atoms with Crippen molar-refractivity contribution in [3.8, 4) is 5.69 Å². The Bertz CT molecular complexity index is 1030. The number of aromatic nitrogens is 2. The van der Waals surface area contributed by atoms with Gasteiger partial charge in [0, 0.05) is 18.3 Å². The van der Waals surface area contributed by atoms with Gasteiger partial charge in [-0.1, -0.05) is 18.2 Å². The summed E-state index contributed by atoms with van der Waals surface area (Å²) < 4.78 is 29.4. The second kappa shape index (κ2) is 7.01. The summed E-state index contributed by atoms with van der Waals surface area (Å²) in [4.78, 5) is 11.1. The van der Waals surface area contributed by atoms with E-state index < -0.39 is 10.0 Å². The Balaban J connectivity index is 1.84. The molecule has 3 rings (SSSR count). The zero-order chi connectivity index (χ0) is 18.7. The van der Waals surface area contributed by atoms with E-state index in [0.717, 1.165) is 5.69 Å². The molecule has 1 heterocycles. The van der Waals surface area contributed by atoms with E-state index in [1.54, 1.807) is 31.2 Å². The van der Waals surface area contributed by atoms with Crippen molar-refractivity contribution in [1.29, 1.82) is 0 Å². The third kappa shape index (κ3) is 3.92. The van der Waals surface area contributed by atoms with Gasteiger partial charge in [-0.05, 0) is 43.3 Å². The van der Waals surface area contributed by atoms with Crippen LogP contribution in [0.25, 0.3) is 5.69 Å². The van der Waals surface area contributed by atoms with Gasteiger partial charge in [-0.2, -0.15) is 5.10 Å². The van der Waals surface area contributed by atoms with E-state index >= 15 is 0 Å². The molecule has 0 aliphatic rings. The van der Waals surface area contributed by atoms with Crippen molar-refractivity contribution in [1.82, 2.24) is 9.78 Å². The molecule has 8 heteroatoms. The molecule has 134 valence electrons. The van der Waals surface area contributed by atoms with E-state index in [0.29, 0.717) is 17.1 Å². The molecule has 2 aromatic carbocycles. The number of hydrogen-bond acceptors (Lipinski definition) is 4. The standard InChI is InChI=1S/C18H18N4O3S/c1-13-18(12-22(20-13)17-6-4-3-5-7-17)26(24,25)21-16-10-8-15(9-11-16)19-14(2)23/h3-12,21H,1-2H3,(H,19,23). The average molecular weight is 370 g/mol. The first-order chi connectivity index (χ1) is 12.3. The highest BCUT2D eigenvalue weighted by Crippen LogP contribution is 2.21. The summed E-state index contributed by atoms with van der Waals surface area (Å²) in [5.74, 6) is -0.192. The molecule has 0 spiro atoms. The van der Waals surface area contributed by atoms with Gasteiger partial charge in [0.2, 0.25) is 5.91 Å². The number of carbonyl (C=O) groups is 1. The van der Waals surface area contributed by atoms with Crippen LogP contribution in [-0.4, -0.2) is 24.1 Å². The van der Waals surface area contributed by atoms with Crippen LogP contribution in [0.4, 0.5) is 11.4 Å². The molecule has 3 aromatic rings. The lowest BCUT2D eigenvalue weighted by Crippen LogP contribution is -2.13. The highest BCUT2D eigenvalue weighted by atomic mass is 32.2. The van der Waals surface area contributed by atoms with Crippen LogP contribution in [0, 0.1) is 6.92 Å². The number of amides is 1. The first kappa shape index (κ1) is 17.7. The van der Waals surface area contributed by atoms with Gasteiger partial charge in [0.05, 0.1) is 17.6 Å². The van der Waals surface area contributed by atoms with Crippen molar-refractivity contribution in [2.45, 2.75) is 18.7 Å². The van der Waals surface area contributed by atoms with Gasteiger partial charge in [0.25, 0.3) is 10.0 Å². The van der Waals surface area contributed by atoms with Crippen LogP contribution in [0.5, 0.6) is 0 Å². The molecule has 0 unspecified atom stereocenters. The highest BCUT2D eigenvalue weighted by Gasteiger charge is 2.21. The summed E-state index contributed by atoms with van der Waals surface area (Å²) in [7, 11) is -3.79. The van der Waals surface area contributed by atoms with Gasteiger partial charge in [0.1, 0.15) is 4.90 Å². The SMILES string of the molecule is CC(=O)Nc1ccc(NS(=O)(=O)c2cn(-c3ccccc3)nc2C)cc1. The minimum atomic E-state index is -3.79. The topological polar surface area (TPSA) is 93.1 Å². The van der Waals surface area contributed by atoms with Gasteiger partial charge >= 0.3 is 0 Å². The minimum Gasteiger partial charge on any atom is -0.326 e. The summed E-state index contributed by atoms with van der Waals surface area (Å²) in [5.41, 5.74) is 2.16. The van der Waals surface area contributed by atoms with E-state index in [-0.39, 0.29) is 10.8 Å². The van der Waals surface area contributed by atoms with Gasteiger partial charge in [-0.25, -0.2) is 13.1 Å². The lowest BCUT2D eigenvalue weighted by Gasteiger charge is -2.08. The summed E-state index contributed by atoms with van der Waals surface area (Å²) in [6.45, 7) is 3.05. The third-order valence-electron chi connectivity index (χ3n) is 3.62. The normalized spacial score (nSPS) is 11.2. The fraction of sp³-hybridized carbons (Fsp3) is 0.111. The van der Waals surface area contributed by atoms with E-state index in [9.17, 15) is 13.2 Å². The quantitative estimate of drug-likeness (QED) is 0.722. The van der Waals surface area contributed by atoms with Gasteiger partial charge < -0.3 is 5.32 Å². The van der Waals surface area contributed by atoms with Crippen LogP contribution < -0.4 is 10.0 Å². The van der Waals surface area contributed by atoms with Crippen molar-refractivity contribution >= 4 is 27.3 Å². The van der Waals surface area contributed by atoms with Crippen molar-refractivity contribution in [2.24, 2.45) is 0 Å². The van der Waals surface area contributed by atoms with E-state index in [1.165, 1.54) is 17.8 Å². The summed E-state index contributed by atoms with van der Waals surface area (Å²) in [5, 5.41) is 6.91. The number of anilines is 2. The van der Waals surface area contributed by atoms with Crippen LogP contribution in [0.15, 0.2) is 65.7 Å². The average Bonchev–Trinajstić information content (AvgIpc) is 3.00. The summed E-state index contributed by atoms with van der Waals surface area (Å²) >= 11 is 0. The smallest absolute Gasteiger partial charge is 0.265 e. The molecule has 0 aliphatic heterocycles. The first-order valence-electron chi connectivity index (χ1n) is 7.87. The Morgan fingerprint density at radius 2 is 1.62 bits per heavy atom. The van der Waals surface area contributed by atoms with Crippen LogP contribution in [0.3, 0.4) is 0 Å². The van der Waals surface area contributed by atoms with E-state index in [2.05, 4.69) is 15.1 Å². The van der Waals surface area contributed by atoms with E-state index in [1.807, 2.05) is 30.3 Å². The lowest BCUT2D eigenvalue weighted by atomic mass is 10.3. The molecule has 0 bridgehead atoms. The van der Waals surface area contributed by atoms with Crippen molar-refractivity contribution < 1.29 is 13.2 Å². The zero-order valence-electron chi connectivity index (χ0n) is 14.3. The second-order valence-corrected chi connectivity index (χ2v) is 7.37. The molecular weight excluding hydrogens is 352 g/mol. The fourth-order valence-electron chi connectivity index (χ4n) is 2.46. The molecule has 0 saturated heterocycles. The molecule has 1 aromatic heterocycles. The molecular formula is C18H18N4O3S. The van der Waals surface area contributed by atoms with E-state index in [4.69, 9.17) is 0 Å². The Hall–Kier alpha value is -3.13. The number of sulfonamides is 1. The minimum absolute atomic E-state index is 0.104. The maximum Gasteiger partial charge on any atom is 0.265 e. The number of benzene rings is 2. The second-order valence-electron chi connectivity index (χ2n) is 5.72. The van der Waals surface area contributed by atoms with Gasteiger partial charge in [-0.3, -0.25) is 9.52 Å². The van der Waals surface area contributed by atoms with Gasteiger partial charge in [0.15, 0.2) is 0 Å². The molecule has 0 aliphatic carbocycles. The number of carbonyl (C=O) groups excluding carboxylic acids is 1. The number of para-hydroxylation sites is 1. The number of aryl methyl sites for hydroxylation is 1. The maximum atomic E-state index is 12.7. The fourth-order valence-corrected chi connectivity index (χ4v) is 3.68. The molecule has 0 atom stereocenters. The van der Waals surface area contributed by atoms with Crippen molar-refractivity contribution in [3.63, 3.8) is 0 Å².